The predicted octanol–water partition coefficient (Wildman–Crippen LogP) is 4.12. The summed E-state index contributed by atoms with van der Waals surface area (Å²) in [5.74, 6) is 0.977. The van der Waals surface area contributed by atoms with Crippen molar-refractivity contribution < 1.29 is 9.18 Å². The van der Waals surface area contributed by atoms with Gasteiger partial charge in [0.2, 0.25) is 5.91 Å². The standard InChI is InChI=1S/C19H22FNOS/c1-15-4-6-16(7-5-15)3-2-12-21-19(22)14-23-13-17-8-10-18(20)11-9-17/h4-11H,2-3,12-14H2,1H3,(H,21,22). The molecule has 0 heterocycles. The minimum atomic E-state index is -0.231. The molecule has 23 heavy (non-hydrogen) atoms. The van der Waals surface area contributed by atoms with E-state index < -0.39 is 0 Å². The lowest BCUT2D eigenvalue weighted by atomic mass is 10.1. The van der Waals surface area contributed by atoms with Gasteiger partial charge in [-0.15, -0.1) is 11.8 Å². The normalized spacial score (nSPS) is 10.5. The first-order chi connectivity index (χ1) is 11.1. The SMILES string of the molecule is Cc1ccc(CCCNC(=O)CSCc2ccc(F)cc2)cc1. The second-order valence-electron chi connectivity index (χ2n) is 5.56. The quantitative estimate of drug-likeness (QED) is 0.737. The predicted molar refractivity (Wildman–Crippen MR) is 95.1 cm³/mol. The highest BCUT2D eigenvalue weighted by Gasteiger charge is 2.02. The molecule has 2 rings (SSSR count). The number of amides is 1. The van der Waals surface area contributed by atoms with Crippen molar-refractivity contribution in [3.63, 3.8) is 0 Å². The first-order valence-electron chi connectivity index (χ1n) is 7.78. The lowest BCUT2D eigenvalue weighted by Gasteiger charge is -2.06. The number of aryl methyl sites for hydroxylation is 2. The van der Waals surface area contributed by atoms with Crippen molar-refractivity contribution in [2.45, 2.75) is 25.5 Å². The van der Waals surface area contributed by atoms with Gasteiger partial charge in [0, 0.05) is 12.3 Å². The lowest BCUT2D eigenvalue weighted by molar-refractivity contribution is -0.118. The number of carbonyl (C=O) groups is 1. The van der Waals surface area contributed by atoms with Crippen LogP contribution in [0.4, 0.5) is 4.39 Å². The molecule has 2 aromatic rings. The van der Waals surface area contributed by atoms with E-state index in [0.717, 1.165) is 24.2 Å². The maximum absolute atomic E-state index is 12.8. The van der Waals surface area contributed by atoms with Crippen LogP contribution in [0.2, 0.25) is 0 Å². The van der Waals surface area contributed by atoms with Gasteiger partial charge in [-0.25, -0.2) is 4.39 Å². The van der Waals surface area contributed by atoms with E-state index in [1.54, 1.807) is 23.9 Å². The zero-order valence-electron chi connectivity index (χ0n) is 13.3. The van der Waals surface area contributed by atoms with Crippen molar-refractivity contribution in [1.29, 1.82) is 0 Å². The van der Waals surface area contributed by atoms with E-state index in [9.17, 15) is 9.18 Å². The van der Waals surface area contributed by atoms with Crippen LogP contribution in [0.1, 0.15) is 23.1 Å². The average molecular weight is 331 g/mol. The molecular weight excluding hydrogens is 309 g/mol. The maximum Gasteiger partial charge on any atom is 0.230 e. The van der Waals surface area contributed by atoms with E-state index in [-0.39, 0.29) is 11.7 Å². The fraction of sp³-hybridized carbons (Fsp3) is 0.316. The summed E-state index contributed by atoms with van der Waals surface area (Å²) < 4.78 is 12.8. The molecule has 0 aliphatic rings. The van der Waals surface area contributed by atoms with Gasteiger partial charge in [-0.1, -0.05) is 42.0 Å². The van der Waals surface area contributed by atoms with Crippen LogP contribution >= 0.6 is 11.8 Å². The minimum Gasteiger partial charge on any atom is -0.355 e. The highest BCUT2D eigenvalue weighted by atomic mass is 32.2. The van der Waals surface area contributed by atoms with Gasteiger partial charge < -0.3 is 5.32 Å². The number of hydrogen-bond donors (Lipinski definition) is 1. The molecule has 0 bridgehead atoms. The Labute approximate surface area is 141 Å². The smallest absolute Gasteiger partial charge is 0.230 e. The second-order valence-corrected chi connectivity index (χ2v) is 6.54. The van der Waals surface area contributed by atoms with Crippen molar-refractivity contribution in [2.24, 2.45) is 0 Å². The van der Waals surface area contributed by atoms with Crippen LogP contribution in [-0.2, 0) is 17.0 Å². The molecule has 0 aliphatic heterocycles. The van der Waals surface area contributed by atoms with Gasteiger partial charge in [0.05, 0.1) is 5.75 Å². The Bertz CT molecular complexity index is 610. The van der Waals surface area contributed by atoms with Crippen molar-refractivity contribution >= 4 is 17.7 Å². The summed E-state index contributed by atoms with van der Waals surface area (Å²) in [5, 5.41) is 2.94. The van der Waals surface area contributed by atoms with Gasteiger partial charge in [-0.05, 0) is 43.0 Å². The van der Waals surface area contributed by atoms with Crippen LogP contribution in [0.25, 0.3) is 0 Å². The first kappa shape index (κ1) is 17.5. The zero-order valence-corrected chi connectivity index (χ0v) is 14.2. The van der Waals surface area contributed by atoms with Crippen molar-refractivity contribution in [3.05, 3.63) is 71.0 Å². The van der Waals surface area contributed by atoms with Crippen LogP contribution in [0.3, 0.4) is 0 Å². The van der Waals surface area contributed by atoms with Crippen LogP contribution in [0.5, 0.6) is 0 Å². The molecular formula is C19H22FNOS. The number of thioether (sulfide) groups is 1. The fourth-order valence-electron chi connectivity index (χ4n) is 2.17. The summed E-state index contributed by atoms with van der Waals surface area (Å²) in [4.78, 5) is 11.8. The minimum absolute atomic E-state index is 0.0565. The molecule has 0 fully saturated rings. The molecule has 1 N–H and O–H groups in total. The zero-order chi connectivity index (χ0) is 16.5. The Morgan fingerprint density at radius 2 is 1.70 bits per heavy atom. The van der Waals surface area contributed by atoms with Crippen molar-refractivity contribution in [3.8, 4) is 0 Å². The van der Waals surface area contributed by atoms with Gasteiger partial charge in [-0.3, -0.25) is 4.79 Å². The third-order valence-corrected chi connectivity index (χ3v) is 4.50. The van der Waals surface area contributed by atoms with Crippen LogP contribution in [-0.4, -0.2) is 18.2 Å². The third kappa shape index (κ3) is 6.87. The van der Waals surface area contributed by atoms with E-state index in [1.165, 1.54) is 23.3 Å². The Hall–Kier alpha value is -1.81. The fourth-order valence-corrected chi connectivity index (χ4v) is 2.99. The van der Waals surface area contributed by atoms with Crippen LogP contribution in [0.15, 0.2) is 48.5 Å². The molecule has 2 nitrogen and oxygen atoms in total. The van der Waals surface area contributed by atoms with Gasteiger partial charge in [0.15, 0.2) is 0 Å². The molecule has 122 valence electrons. The summed E-state index contributed by atoms with van der Waals surface area (Å²) in [6.07, 6.45) is 1.92. The van der Waals surface area contributed by atoms with Gasteiger partial charge >= 0.3 is 0 Å². The monoisotopic (exact) mass is 331 g/mol. The third-order valence-electron chi connectivity index (χ3n) is 3.50. The number of halogens is 1. The van der Waals surface area contributed by atoms with E-state index >= 15 is 0 Å². The van der Waals surface area contributed by atoms with Crippen molar-refractivity contribution in [1.82, 2.24) is 5.32 Å². The molecule has 0 spiro atoms. The molecule has 0 saturated heterocycles. The number of hydrogen-bond acceptors (Lipinski definition) is 2. The summed E-state index contributed by atoms with van der Waals surface area (Å²) >= 11 is 1.54. The largest absolute Gasteiger partial charge is 0.355 e. The summed E-state index contributed by atoms with van der Waals surface area (Å²) in [7, 11) is 0. The number of nitrogens with one attached hydrogen (secondary N) is 1. The second kappa shape index (κ2) is 9.36. The Morgan fingerprint density at radius 1 is 1.04 bits per heavy atom. The van der Waals surface area contributed by atoms with Crippen LogP contribution in [0, 0.1) is 12.7 Å². The molecule has 0 aromatic heterocycles. The molecule has 2 aromatic carbocycles. The molecule has 0 unspecified atom stereocenters. The van der Waals surface area contributed by atoms with Gasteiger partial charge in [0.1, 0.15) is 5.82 Å². The maximum atomic E-state index is 12.8. The Balaban J connectivity index is 1.56. The van der Waals surface area contributed by atoms with Gasteiger partial charge in [0.25, 0.3) is 0 Å². The molecule has 4 heteroatoms. The van der Waals surface area contributed by atoms with Crippen LogP contribution < -0.4 is 5.32 Å². The highest BCUT2D eigenvalue weighted by Crippen LogP contribution is 2.12. The number of rotatable bonds is 8. The summed E-state index contributed by atoms with van der Waals surface area (Å²) in [6, 6.07) is 14.9. The van der Waals surface area contributed by atoms with E-state index in [0.29, 0.717) is 12.3 Å². The van der Waals surface area contributed by atoms with E-state index in [2.05, 4.69) is 36.5 Å². The molecule has 0 aliphatic carbocycles. The first-order valence-corrected chi connectivity index (χ1v) is 8.93. The number of carbonyl (C=O) groups excluding carboxylic acids is 1. The number of benzene rings is 2. The molecule has 1 amide bonds. The molecule has 0 saturated carbocycles. The topological polar surface area (TPSA) is 29.1 Å². The Kier molecular flexibility index (Phi) is 7.14. The Morgan fingerprint density at radius 3 is 2.39 bits per heavy atom. The molecule has 0 atom stereocenters. The molecule has 0 radical (unpaired) electrons. The van der Waals surface area contributed by atoms with E-state index in [4.69, 9.17) is 0 Å². The van der Waals surface area contributed by atoms with Crippen molar-refractivity contribution in [2.75, 3.05) is 12.3 Å². The summed E-state index contributed by atoms with van der Waals surface area (Å²) in [6.45, 7) is 2.78. The lowest BCUT2D eigenvalue weighted by Crippen LogP contribution is -2.26. The van der Waals surface area contributed by atoms with Gasteiger partial charge in [-0.2, -0.15) is 0 Å². The summed E-state index contributed by atoms with van der Waals surface area (Å²) in [5.41, 5.74) is 3.60. The van der Waals surface area contributed by atoms with E-state index in [1.807, 2.05) is 0 Å². The average Bonchev–Trinajstić information content (AvgIpc) is 2.55. The highest BCUT2D eigenvalue weighted by molar-refractivity contribution is 7.99.